The zero-order chi connectivity index (χ0) is 19.0. The van der Waals surface area contributed by atoms with Gasteiger partial charge >= 0.3 is 5.97 Å². The predicted molar refractivity (Wildman–Crippen MR) is 100 cm³/mol. The molecule has 3 atom stereocenters. The average Bonchev–Trinajstić information content (AvgIpc) is 3.25. The fourth-order valence-electron chi connectivity index (χ4n) is 2.99. The zero-order valence-electron chi connectivity index (χ0n) is 13.9. The lowest BCUT2D eigenvalue weighted by molar-refractivity contribution is -0.141. The lowest BCUT2D eigenvalue weighted by Crippen LogP contribution is -2.43. The van der Waals surface area contributed by atoms with E-state index in [9.17, 15) is 19.1 Å². The van der Waals surface area contributed by atoms with Crippen LogP contribution in [-0.2, 0) is 16.0 Å². The number of carbonyl (C=O) groups is 2. The van der Waals surface area contributed by atoms with E-state index in [2.05, 4.69) is 20.3 Å². The number of fused-ring (bicyclic) bond motifs is 2. The molecule has 3 N–H and O–H groups in total. The SMILES string of the molecule is O=C(N[C@H](Cc1nc2ccc(F)cc2[nH]1)C(=O)O)C1=CC2SC=NC2C=C1. The van der Waals surface area contributed by atoms with E-state index in [0.29, 0.717) is 22.4 Å². The molecule has 0 radical (unpaired) electrons. The molecule has 0 bridgehead atoms. The third kappa shape index (κ3) is 3.63. The first-order chi connectivity index (χ1) is 13.0. The Bertz CT molecular complexity index is 1010. The van der Waals surface area contributed by atoms with Crippen molar-refractivity contribution in [3.8, 4) is 0 Å². The molecular formula is C18H15FN4O3S. The fraction of sp³-hybridized carbons (Fsp3) is 0.222. The maximum atomic E-state index is 13.3. The van der Waals surface area contributed by atoms with E-state index in [4.69, 9.17) is 0 Å². The second-order valence-electron chi connectivity index (χ2n) is 6.24. The van der Waals surface area contributed by atoms with Gasteiger partial charge in [-0.2, -0.15) is 0 Å². The van der Waals surface area contributed by atoms with Crippen molar-refractivity contribution < 1.29 is 19.1 Å². The number of carbonyl (C=O) groups excluding carboxylic acids is 1. The number of hydrogen-bond donors (Lipinski definition) is 3. The molecule has 0 saturated carbocycles. The number of hydrogen-bond acceptors (Lipinski definition) is 5. The molecule has 1 aromatic heterocycles. The summed E-state index contributed by atoms with van der Waals surface area (Å²) in [6, 6.07) is 2.94. The van der Waals surface area contributed by atoms with Gasteiger partial charge in [0.15, 0.2) is 0 Å². The maximum absolute atomic E-state index is 13.3. The van der Waals surface area contributed by atoms with E-state index >= 15 is 0 Å². The molecule has 7 nitrogen and oxygen atoms in total. The Morgan fingerprint density at radius 2 is 2.26 bits per heavy atom. The number of H-pyrrole nitrogens is 1. The van der Waals surface area contributed by atoms with Gasteiger partial charge in [0.1, 0.15) is 17.7 Å². The number of aliphatic imine (C=N–C) groups is 1. The first-order valence-corrected chi connectivity index (χ1v) is 9.19. The van der Waals surface area contributed by atoms with Gasteiger partial charge in [-0.15, -0.1) is 11.8 Å². The molecule has 138 valence electrons. The number of nitrogens with zero attached hydrogens (tertiary/aromatic N) is 2. The summed E-state index contributed by atoms with van der Waals surface area (Å²) in [5, 5.41) is 12.1. The summed E-state index contributed by atoms with van der Waals surface area (Å²) in [4.78, 5) is 35.5. The van der Waals surface area contributed by atoms with Gasteiger partial charge in [0.05, 0.1) is 27.9 Å². The Morgan fingerprint density at radius 3 is 3.07 bits per heavy atom. The highest BCUT2D eigenvalue weighted by Gasteiger charge is 2.28. The largest absolute Gasteiger partial charge is 0.480 e. The number of aromatic amines is 1. The Labute approximate surface area is 157 Å². The average molecular weight is 386 g/mol. The molecule has 2 aliphatic rings. The molecular weight excluding hydrogens is 371 g/mol. The number of amides is 1. The topological polar surface area (TPSA) is 107 Å². The minimum Gasteiger partial charge on any atom is -0.480 e. The van der Waals surface area contributed by atoms with Crippen LogP contribution in [0.15, 0.2) is 47.0 Å². The molecule has 2 aromatic rings. The molecule has 0 saturated heterocycles. The molecule has 2 unspecified atom stereocenters. The molecule has 9 heteroatoms. The molecule has 2 heterocycles. The third-order valence-corrected chi connectivity index (χ3v) is 5.33. The van der Waals surface area contributed by atoms with Gasteiger partial charge in [-0.1, -0.05) is 18.2 Å². The number of halogens is 1. The minimum absolute atomic E-state index is 0.0257. The molecule has 4 rings (SSSR count). The van der Waals surface area contributed by atoms with Crippen molar-refractivity contribution in [3.63, 3.8) is 0 Å². The van der Waals surface area contributed by atoms with Crippen molar-refractivity contribution in [2.75, 3.05) is 0 Å². The number of thioether (sulfide) groups is 1. The molecule has 0 fully saturated rings. The highest BCUT2D eigenvalue weighted by Crippen LogP contribution is 2.28. The van der Waals surface area contributed by atoms with E-state index in [1.54, 1.807) is 17.7 Å². The monoisotopic (exact) mass is 386 g/mol. The van der Waals surface area contributed by atoms with Gasteiger partial charge in [0.25, 0.3) is 5.91 Å². The maximum Gasteiger partial charge on any atom is 0.326 e. The Kier molecular flexibility index (Phi) is 4.53. The Balaban J connectivity index is 1.48. The van der Waals surface area contributed by atoms with E-state index in [0.717, 1.165) is 0 Å². The van der Waals surface area contributed by atoms with Crippen LogP contribution in [0.5, 0.6) is 0 Å². The fourth-order valence-corrected chi connectivity index (χ4v) is 3.89. The van der Waals surface area contributed by atoms with E-state index < -0.39 is 23.7 Å². The first kappa shape index (κ1) is 17.5. The van der Waals surface area contributed by atoms with Crippen molar-refractivity contribution in [1.82, 2.24) is 15.3 Å². The molecule has 1 aromatic carbocycles. The Hall–Kier alpha value is -2.94. The summed E-state index contributed by atoms with van der Waals surface area (Å²) < 4.78 is 13.3. The Morgan fingerprint density at radius 1 is 1.41 bits per heavy atom. The van der Waals surface area contributed by atoms with E-state index in [1.165, 1.54) is 30.0 Å². The number of aliphatic carboxylic acids is 1. The van der Waals surface area contributed by atoms with Crippen molar-refractivity contribution >= 4 is 40.2 Å². The van der Waals surface area contributed by atoms with Gasteiger partial charge in [0.2, 0.25) is 0 Å². The second kappa shape index (κ2) is 6.99. The summed E-state index contributed by atoms with van der Waals surface area (Å²) in [6.07, 6.45) is 5.24. The summed E-state index contributed by atoms with van der Waals surface area (Å²) in [6.45, 7) is 0. The van der Waals surface area contributed by atoms with Gasteiger partial charge in [0, 0.05) is 12.0 Å². The lowest BCUT2D eigenvalue weighted by atomic mass is 10.0. The van der Waals surface area contributed by atoms with Crippen LogP contribution in [0, 0.1) is 5.82 Å². The second-order valence-corrected chi connectivity index (χ2v) is 7.27. The number of rotatable bonds is 5. The summed E-state index contributed by atoms with van der Waals surface area (Å²) in [5.74, 6) is -1.70. The van der Waals surface area contributed by atoms with Crippen LogP contribution in [-0.4, -0.2) is 49.8 Å². The molecule has 1 aliphatic heterocycles. The van der Waals surface area contributed by atoms with Gasteiger partial charge in [-0.3, -0.25) is 9.79 Å². The van der Waals surface area contributed by atoms with Crippen LogP contribution in [0.2, 0.25) is 0 Å². The third-order valence-electron chi connectivity index (χ3n) is 4.36. The normalized spacial score (nSPS) is 21.7. The zero-order valence-corrected chi connectivity index (χ0v) is 14.7. The van der Waals surface area contributed by atoms with Crippen LogP contribution in [0.3, 0.4) is 0 Å². The molecule has 1 amide bonds. The highest BCUT2D eigenvalue weighted by atomic mass is 32.2. The van der Waals surface area contributed by atoms with Crippen molar-refractivity contribution in [1.29, 1.82) is 0 Å². The number of nitrogens with one attached hydrogen (secondary N) is 2. The number of carboxylic acid groups (broad SMARTS) is 1. The molecule has 27 heavy (non-hydrogen) atoms. The van der Waals surface area contributed by atoms with Crippen LogP contribution < -0.4 is 5.32 Å². The lowest BCUT2D eigenvalue weighted by Gasteiger charge is -2.18. The van der Waals surface area contributed by atoms with Crippen LogP contribution in [0.25, 0.3) is 11.0 Å². The highest BCUT2D eigenvalue weighted by molar-refractivity contribution is 8.13. The standard InChI is InChI=1S/C18H15FN4O3S/c19-10-2-4-11-13(6-10)22-16(21-11)7-14(18(25)26)23-17(24)9-1-3-12-15(5-9)27-8-20-12/h1-6,8,12,14-15H,7H2,(H,21,22)(H,23,24)(H,25,26)/t12?,14-,15?/m1/s1. The smallest absolute Gasteiger partial charge is 0.326 e. The summed E-state index contributed by atoms with van der Waals surface area (Å²) in [5.41, 5.74) is 3.17. The predicted octanol–water partition coefficient (Wildman–Crippen LogP) is 1.82. The van der Waals surface area contributed by atoms with Crippen LogP contribution >= 0.6 is 11.8 Å². The first-order valence-electron chi connectivity index (χ1n) is 8.24. The quantitative estimate of drug-likeness (QED) is 0.727. The number of carboxylic acids is 1. The summed E-state index contributed by atoms with van der Waals surface area (Å²) >= 11 is 1.52. The number of benzene rings is 1. The van der Waals surface area contributed by atoms with Gasteiger partial charge in [-0.05, 0) is 18.2 Å². The van der Waals surface area contributed by atoms with Crippen LogP contribution in [0.1, 0.15) is 5.82 Å². The van der Waals surface area contributed by atoms with E-state index in [-0.39, 0.29) is 17.7 Å². The molecule has 1 aliphatic carbocycles. The minimum atomic E-state index is -1.17. The van der Waals surface area contributed by atoms with Crippen molar-refractivity contribution in [2.24, 2.45) is 4.99 Å². The number of imidazole rings is 1. The summed E-state index contributed by atoms with van der Waals surface area (Å²) in [7, 11) is 0. The molecule has 0 spiro atoms. The van der Waals surface area contributed by atoms with Crippen LogP contribution in [0.4, 0.5) is 4.39 Å². The van der Waals surface area contributed by atoms with Crippen molar-refractivity contribution in [3.05, 3.63) is 53.6 Å². The van der Waals surface area contributed by atoms with Gasteiger partial charge in [-0.25, -0.2) is 14.2 Å². The number of aromatic nitrogens is 2. The van der Waals surface area contributed by atoms with E-state index in [1.807, 2.05) is 6.08 Å². The van der Waals surface area contributed by atoms with Crippen molar-refractivity contribution in [2.45, 2.75) is 23.8 Å². The van der Waals surface area contributed by atoms with Gasteiger partial charge < -0.3 is 15.4 Å².